The molecule has 1 aromatic carbocycles. The van der Waals surface area contributed by atoms with Gasteiger partial charge in [-0.15, -0.1) is 10.2 Å². The van der Waals surface area contributed by atoms with Gasteiger partial charge in [0.25, 0.3) is 5.92 Å². The Morgan fingerprint density at radius 1 is 0.944 bits per heavy atom. The molecule has 8 nitrogen and oxygen atoms in total. The number of hydrogen-bond acceptors (Lipinski definition) is 7. The Bertz CT molecular complexity index is 1350. The first-order valence-electron chi connectivity index (χ1n) is 12.3. The van der Waals surface area contributed by atoms with Crippen molar-refractivity contribution < 1.29 is 8.78 Å². The number of anilines is 2. The van der Waals surface area contributed by atoms with E-state index in [0.29, 0.717) is 18.1 Å². The van der Waals surface area contributed by atoms with Gasteiger partial charge in [0.15, 0.2) is 5.82 Å². The van der Waals surface area contributed by atoms with Crippen LogP contribution in [0.4, 0.5) is 20.5 Å². The summed E-state index contributed by atoms with van der Waals surface area (Å²) in [6, 6.07) is 5.80. The summed E-state index contributed by atoms with van der Waals surface area (Å²) < 4.78 is 29.9. The fourth-order valence-electron chi connectivity index (χ4n) is 6.59. The Labute approximate surface area is 212 Å². The van der Waals surface area contributed by atoms with E-state index in [1.54, 1.807) is 12.4 Å². The molecule has 3 aromatic rings. The van der Waals surface area contributed by atoms with Crippen molar-refractivity contribution in [1.82, 2.24) is 29.6 Å². The van der Waals surface area contributed by atoms with E-state index in [2.05, 4.69) is 39.4 Å². The van der Waals surface area contributed by atoms with Crippen LogP contribution in [0.15, 0.2) is 30.6 Å². The Kier molecular flexibility index (Phi) is 4.56. The zero-order valence-corrected chi connectivity index (χ0v) is 21.0. The summed E-state index contributed by atoms with van der Waals surface area (Å²) in [5, 5.41) is 9.76. The molecule has 3 aliphatic heterocycles. The molecule has 1 saturated carbocycles. The summed E-state index contributed by atoms with van der Waals surface area (Å²) in [5.74, 6) is -0.0733. The molecule has 0 N–H and O–H groups in total. The van der Waals surface area contributed by atoms with Gasteiger partial charge in [0, 0.05) is 73.9 Å². The van der Waals surface area contributed by atoms with Crippen LogP contribution in [-0.4, -0.2) is 67.3 Å². The second-order valence-corrected chi connectivity index (χ2v) is 11.7. The lowest BCUT2D eigenvalue weighted by molar-refractivity contribution is -0.173. The predicted octanol–water partition coefficient (Wildman–Crippen LogP) is 3.85. The number of hydrogen-bond donors (Lipinski definition) is 0. The lowest BCUT2D eigenvalue weighted by Gasteiger charge is -2.60. The lowest BCUT2D eigenvalue weighted by atomic mass is 9.73. The van der Waals surface area contributed by atoms with Crippen LogP contribution < -0.4 is 9.80 Å². The smallest absolute Gasteiger partial charge is 0.251 e. The molecule has 0 atom stereocenters. The van der Waals surface area contributed by atoms with Crippen LogP contribution in [0.2, 0.25) is 5.02 Å². The third kappa shape index (κ3) is 3.33. The second kappa shape index (κ2) is 7.35. The van der Waals surface area contributed by atoms with Crippen molar-refractivity contribution in [2.45, 2.75) is 51.2 Å². The first kappa shape index (κ1) is 22.4. The summed E-state index contributed by atoms with van der Waals surface area (Å²) >= 11 is 6.36. The van der Waals surface area contributed by atoms with E-state index in [4.69, 9.17) is 11.6 Å². The quantitative estimate of drug-likeness (QED) is 0.528. The third-order valence-electron chi connectivity index (χ3n) is 8.27. The van der Waals surface area contributed by atoms with Crippen molar-refractivity contribution in [2.75, 3.05) is 36.0 Å². The minimum atomic E-state index is -2.61. The summed E-state index contributed by atoms with van der Waals surface area (Å²) in [6.07, 6.45) is 3.17. The molecule has 188 valence electrons. The van der Waals surface area contributed by atoms with E-state index < -0.39 is 11.5 Å². The van der Waals surface area contributed by atoms with Gasteiger partial charge in [0.05, 0.1) is 17.9 Å². The topological polar surface area (TPSA) is 66.2 Å². The van der Waals surface area contributed by atoms with Crippen LogP contribution in [-0.2, 0) is 13.1 Å². The molecule has 7 rings (SSSR count). The lowest BCUT2D eigenvalue weighted by Crippen LogP contribution is -2.73. The van der Waals surface area contributed by atoms with Gasteiger partial charge in [-0.1, -0.05) is 11.6 Å². The van der Waals surface area contributed by atoms with E-state index in [1.807, 2.05) is 32.0 Å². The molecule has 5 heterocycles. The van der Waals surface area contributed by atoms with E-state index in [9.17, 15) is 8.78 Å². The minimum absolute atomic E-state index is 0.146. The first-order chi connectivity index (χ1) is 17.1. The largest absolute Gasteiger partial charge is 0.354 e. The molecule has 1 spiro atoms. The maximum atomic E-state index is 13.9. The van der Waals surface area contributed by atoms with Crippen molar-refractivity contribution in [3.05, 3.63) is 52.7 Å². The van der Waals surface area contributed by atoms with Gasteiger partial charge in [-0.25, -0.2) is 13.8 Å². The molecular weight excluding hydrogens is 486 g/mol. The maximum Gasteiger partial charge on any atom is 0.251 e. The number of halogens is 3. The molecule has 2 aromatic heterocycles. The number of aryl methyl sites for hydroxylation is 1. The monoisotopic (exact) mass is 512 g/mol. The van der Waals surface area contributed by atoms with Crippen LogP contribution in [0.1, 0.15) is 36.8 Å². The number of aromatic nitrogens is 5. The Morgan fingerprint density at radius 3 is 2.39 bits per heavy atom. The fourth-order valence-corrected chi connectivity index (χ4v) is 6.78. The molecule has 36 heavy (non-hydrogen) atoms. The summed E-state index contributed by atoms with van der Waals surface area (Å²) in [4.78, 5) is 15.5. The number of rotatable bonds is 3. The summed E-state index contributed by atoms with van der Waals surface area (Å²) in [5.41, 5.74) is 2.55. The highest BCUT2D eigenvalue weighted by Crippen LogP contribution is 2.51. The van der Waals surface area contributed by atoms with Gasteiger partial charge in [-0.3, -0.25) is 14.5 Å². The molecule has 3 fully saturated rings. The Balaban J connectivity index is 1.15. The molecule has 0 amide bonds. The Hall–Kier alpha value is -2.85. The van der Waals surface area contributed by atoms with Crippen LogP contribution in [0.25, 0.3) is 5.69 Å². The zero-order valence-electron chi connectivity index (χ0n) is 20.3. The fraction of sp³-hybridized carbons (Fsp3) is 0.520. The molecule has 11 heteroatoms. The van der Waals surface area contributed by atoms with Crippen LogP contribution >= 0.6 is 11.6 Å². The SMILES string of the molecule is Cc1nccnc1N1CC2(C1)CN(c1nnc3n1-c1ccc(Cl)cc1CN(C1(C)CC(F)(F)C1)C3)C2. The average molecular weight is 513 g/mol. The highest BCUT2D eigenvalue weighted by Gasteiger charge is 2.57. The van der Waals surface area contributed by atoms with Gasteiger partial charge in [0.2, 0.25) is 5.95 Å². The molecule has 0 unspecified atom stereocenters. The molecule has 0 bridgehead atoms. The van der Waals surface area contributed by atoms with E-state index >= 15 is 0 Å². The number of benzene rings is 1. The molecule has 1 aliphatic carbocycles. The standard InChI is InChI=1S/C25H27ClF2N8/c1-16-21(30-6-5-29-16)33-12-24(13-33)14-34(15-24)22-32-31-20-9-35(23(2)10-25(27,28)11-23)8-17-7-18(26)3-4-19(17)36(20)22/h3-7H,8-15H2,1-2H3. The predicted molar refractivity (Wildman–Crippen MR) is 132 cm³/mol. The van der Waals surface area contributed by atoms with Gasteiger partial charge < -0.3 is 9.80 Å². The van der Waals surface area contributed by atoms with Crippen molar-refractivity contribution in [3.63, 3.8) is 0 Å². The van der Waals surface area contributed by atoms with Crippen molar-refractivity contribution in [2.24, 2.45) is 5.41 Å². The highest BCUT2D eigenvalue weighted by molar-refractivity contribution is 6.30. The third-order valence-corrected chi connectivity index (χ3v) is 8.51. The molecule has 0 radical (unpaired) electrons. The van der Waals surface area contributed by atoms with E-state index in [1.165, 1.54) is 0 Å². The van der Waals surface area contributed by atoms with E-state index in [-0.39, 0.29) is 18.3 Å². The normalized spacial score (nSPS) is 23.2. The van der Waals surface area contributed by atoms with Gasteiger partial charge in [-0.2, -0.15) is 0 Å². The minimum Gasteiger partial charge on any atom is -0.354 e. The molecule has 4 aliphatic rings. The van der Waals surface area contributed by atoms with Crippen molar-refractivity contribution in [1.29, 1.82) is 0 Å². The van der Waals surface area contributed by atoms with Gasteiger partial charge in [-0.05, 0) is 37.6 Å². The highest BCUT2D eigenvalue weighted by atomic mass is 35.5. The maximum absolute atomic E-state index is 13.9. The van der Waals surface area contributed by atoms with Crippen LogP contribution in [0, 0.1) is 12.3 Å². The Morgan fingerprint density at radius 2 is 1.67 bits per heavy atom. The first-order valence-corrected chi connectivity index (χ1v) is 12.7. The summed E-state index contributed by atoms with van der Waals surface area (Å²) in [6.45, 7) is 8.57. The van der Waals surface area contributed by atoms with Gasteiger partial charge in [0.1, 0.15) is 5.82 Å². The molecule has 2 saturated heterocycles. The van der Waals surface area contributed by atoms with Crippen LogP contribution in [0.3, 0.4) is 0 Å². The number of fused-ring (bicyclic) bond motifs is 3. The zero-order chi connectivity index (χ0) is 24.9. The number of alkyl halides is 2. The van der Waals surface area contributed by atoms with Crippen LogP contribution in [0.5, 0.6) is 0 Å². The molecular formula is C25H27ClF2N8. The summed E-state index contributed by atoms with van der Waals surface area (Å²) in [7, 11) is 0. The average Bonchev–Trinajstić information content (AvgIpc) is 3.06. The van der Waals surface area contributed by atoms with Crippen molar-refractivity contribution in [3.8, 4) is 5.69 Å². The van der Waals surface area contributed by atoms with Gasteiger partial charge >= 0.3 is 0 Å². The van der Waals surface area contributed by atoms with E-state index in [0.717, 1.165) is 60.7 Å². The van der Waals surface area contributed by atoms with Crippen molar-refractivity contribution >= 4 is 23.4 Å². The number of nitrogens with zero attached hydrogens (tertiary/aromatic N) is 8. The second-order valence-electron chi connectivity index (χ2n) is 11.3.